The number of fused-ring (bicyclic) bond motifs is 1. The Morgan fingerprint density at radius 2 is 2.11 bits per heavy atom. The number of hydrogen-bond acceptors (Lipinski definition) is 2. The Morgan fingerprint density at radius 1 is 1.28 bits per heavy atom. The zero-order valence-corrected chi connectivity index (χ0v) is 9.40. The van der Waals surface area contributed by atoms with Crippen LogP contribution < -0.4 is 5.32 Å². The molecular weight excluding hydrogens is 226 g/mol. The van der Waals surface area contributed by atoms with Crippen LogP contribution in [0.1, 0.15) is 16.8 Å². The van der Waals surface area contributed by atoms with Gasteiger partial charge in [0.25, 0.3) is 5.91 Å². The van der Waals surface area contributed by atoms with Crippen molar-refractivity contribution in [1.82, 2.24) is 4.98 Å². The molecule has 2 heterocycles. The molecule has 0 bridgehead atoms. The number of para-hydroxylation sites is 1. The van der Waals surface area contributed by atoms with Gasteiger partial charge >= 0.3 is 0 Å². The molecule has 0 aliphatic carbocycles. The van der Waals surface area contributed by atoms with Crippen LogP contribution in [0.4, 0.5) is 5.69 Å². The van der Waals surface area contributed by atoms with Crippen LogP contribution in [0.2, 0.25) is 0 Å². The number of hydrogen-bond donors (Lipinski definition) is 2. The minimum absolute atomic E-state index is 0.121. The van der Waals surface area contributed by atoms with Crippen molar-refractivity contribution >= 4 is 23.2 Å². The molecule has 0 radical (unpaired) electrons. The molecule has 0 fully saturated rings. The summed E-state index contributed by atoms with van der Waals surface area (Å²) in [5.41, 5.74) is 3.61. The van der Waals surface area contributed by atoms with E-state index < -0.39 is 0 Å². The number of benzene rings is 1. The van der Waals surface area contributed by atoms with Crippen molar-refractivity contribution in [2.75, 3.05) is 5.32 Å². The van der Waals surface area contributed by atoms with Crippen molar-refractivity contribution in [2.24, 2.45) is 0 Å². The molecule has 1 aliphatic rings. The summed E-state index contributed by atoms with van der Waals surface area (Å²) in [5, 5.41) is 11.6. The van der Waals surface area contributed by atoms with Crippen LogP contribution in [0.25, 0.3) is 11.6 Å². The molecule has 0 spiro atoms. The van der Waals surface area contributed by atoms with Crippen LogP contribution in [0.5, 0.6) is 0 Å². The maximum atomic E-state index is 11.9. The molecule has 2 N–H and O–H groups in total. The molecule has 18 heavy (non-hydrogen) atoms. The first-order chi connectivity index (χ1) is 8.78. The van der Waals surface area contributed by atoms with E-state index in [1.165, 1.54) is 0 Å². The lowest BCUT2D eigenvalue weighted by Gasteiger charge is -1.95. The van der Waals surface area contributed by atoms with Gasteiger partial charge in [-0.1, -0.05) is 18.2 Å². The Labute approximate surface area is 104 Å². The van der Waals surface area contributed by atoms with Crippen molar-refractivity contribution in [3.63, 3.8) is 0 Å². The Kier molecular flexibility index (Phi) is 2.24. The first-order valence-corrected chi connectivity index (χ1v) is 5.49. The van der Waals surface area contributed by atoms with Crippen LogP contribution in [0.15, 0.2) is 36.5 Å². The fourth-order valence-electron chi connectivity index (χ4n) is 2.00. The summed E-state index contributed by atoms with van der Waals surface area (Å²) < 4.78 is 0. The molecule has 2 aromatic rings. The van der Waals surface area contributed by atoms with Gasteiger partial charge in [0.2, 0.25) is 0 Å². The molecular formula is C14H9N3O. The highest BCUT2D eigenvalue weighted by Gasteiger charge is 2.23. The summed E-state index contributed by atoms with van der Waals surface area (Å²) in [4.78, 5) is 14.8. The number of nitrogens with zero attached hydrogens (tertiary/aromatic N) is 1. The second-order valence-electron chi connectivity index (χ2n) is 4.01. The van der Waals surface area contributed by atoms with Gasteiger partial charge in [-0.25, -0.2) is 0 Å². The first kappa shape index (κ1) is 10.4. The molecule has 1 amide bonds. The Morgan fingerprint density at radius 3 is 2.89 bits per heavy atom. The number of H-pyrrole nitrogens is 1. The van der Waals surface area contributed by atoms with E-state index in [1.807, 2.05) is 30.3 Å². The third kappa shape index (κ3) is 1.59. The quantitative estimate of drug-likeness (QED) is 0.745. The summed E-state index contributed by atoms with van der Waals surface area (Å²) in [6.45, 7) is 0. The smallest absolute Gasteiger partial charge is 0.256 e. The number of amides is 1. The SMILES string of the molecule is N#Cc1c[nH]c(C=C2C(=O)Nc3ccccc32)c1. The number of rotatable bonds is 1. The van der Waals surface area contributed by atoms with Gasteiger partial charge in [-0.15, -0.1) is 0 Å². The molecule has 0 atom stereocenters. The van der Waals surface area contributed by atoms with E-state index in [2.05, 4.69) is 10.3 Å². The second-order valence-corrected chi connectivity index (χ2v) is 4.01. The predicted octanol–water partition coefficient (Wildman–Crippen LogP) is 2.38. The standard InChI is InChI=1S/C14H9N3O/c15-7-9-5-10(16-8-9)6-12-11-3-1-2-4-13(11)17-14(12)18/h1-6,8,16H,(H,17,18). The number of nitriles is 1. The highest BCUT2D eigenvalue weighted by Crippen LogP contribution is 2.32. The lowest BCUT2D eigenvalue weighted by atomic mass is 10.1. The highest BCUT2D eigenvalue weighted by atomic mass is 16.2. The summed E-state index contributed by atoms with van der Waals surface area (Å²) in [6, 6.07) is 11.3. The van der Waals surface area contributed by atoms with Crippen molar-refractivity contribution < 1.29 is 4.79 Å². The third-order valence-electron chi connectivity index (χ3n) is 2.84. The van der Waals surface area contributed by atoms with E-state index in [1.54, 1.807) is 18.3 Å². The van der Waals surface area contributed by atoms with Gasteiger partial charge < -0.3 is 10.3 Å². The minimum Gasteiger partial charge on any atom is -0.360 e. The molecule has 4 heteroatoms. The van der Waals surface area contributed by atoms with Crippen molar-refractivity contribution in [3.8, 4) is 6.07 Å². The molecule has 1 aromatic carbocycles. The molecule has 0 saturated carbocycles. The number of nitrogens with one attached hydrogen (secondary N) is 2. The van der Waals surface area contributed by atoms with Gasteiger partial charge in [-0.2, -0.15) is 5.26 Å². The number of aromatic nitrogens is 1. The molecule has 1 aromatic heterocycles. The van der Waals surface area contributed by atoms with Crippen LogP contribution in [0, 0.1) is 11.3 Å². The normalized spacial score (nSPS) is 15.3. The maximum Gasteiger partial charge on any atom is 0.256 e. The average Bonchev–Trinajstić information content (AvgIpc) is 2.96. The van der Waals surface area contributed by atoms with Gasteiger partial charge in [-0.3, -0.25) is 4.79 Å². The number of aromatic amines is 1. The predicted molar refractivity (Wildman–Crippen MR) is 68.5 cm³/mol. The molecule has 0 unspecified atom stereocenters. The molecule has 1 aliphatic heterocycles. The summed E-state index contributed by atoms with van der Waals surface area (Å²) in [7, 11) is 0. The summed E-state index contributed by atoms with van der Waals surface area (Å²) >= 11 is 0. The van der Waals surface area contributed by atoms with E-state index >= 15 is 0 Å². The van der Waals surface area contributed by atoms with Crippen LogP contribution in [-0.4, -0.2) is 10.9 Å². The largest absolute Gasteiger partial charge is 0.360 e. The topological polar surface area (TPSA) is 68.7 Å². The highest BCUT2D eigenvalue weighted by molar-refractivity contribution is 6.34. The summed E-state index contributed by atoms with van der Waals surface area (Å²) in [6.07, 6.45) is 3.37. The van der Waals surface area contributed by atoms with E-state index in [-0.39, 0.29) is 5.91 Å². The van der Waals surface area contributed by atoms with Crippen molar-refractivity contribution in [1.29, 1.82) is 5.26 Å². The number of carbonyl (C=O) groups excluding carboxylic acids is 1. The fourth-order valence-corrected chi connectivity index (χ4v) is 2.00. The van der Waals surface area contributed by atoms with E-state index in [9.17, 15) is 4.79 Å². The van der Waals surface area contributed by atoms with Crippen LogP contribution in [0.3, 0.4) is 0 Å². The van der Waals surface area contributed by atoms with Gasteiger partial charge in [0.05, 0.1) is 11.1 Å². The Hall–Kier alpha value is -2.80. The Bertz CT molecular complexity index is 704. The molecule has 4 nitrogen and oxygen atoms in total. The average molecular weight is 235 g/mol. The van der Waals surface area contributed by atoms with E-state index in [4.69, 9.17) is 5.26 Å². The molecule has 3 rings (SSSR count). The van der Waals surface area contributed by atoms with Crippen LogP contribution in [-0.2, 0) is 4.79 Å². The monoisotopic (exact) mass is 235 g/mol. The second kappa shape index (κ2) is 3.90. The van der Waals surface area contributed by atoms with Gasteiger partial charge in [0.15, 0.2) is 0 Å². The van der Waals surface area contributed by atoms with Gasteiger partial charge in [0.1, 0.15) is 6.07 Å². The van der Waals surface area contributed by atoms with Crippen molar-refractivity contribution in [2.45, 2.75) is 0 Å². The van der Waals surface area contributed by atoms with Crippen LogP contribution >= 0.6 is 0 Å². The fraction of sp³-hybridized carbons (Fsp3) is 0. The minimum atomic E-state index is -0.121. The first-order valence-electron chi connectivity index (χ1n) is 5.49. The molecule has 0 saturated heterocycles. The van der Waals surface area contributed by atoms with Gasteiger partial charge in [-0.05, 0) is 18.2 Å². The van der Waals surface area contributed by atoms with Gasteiger partial charge in [0, 0.05) is 23.1 Å². The lowest BCUT2D eigenvalue weighted by Crippen LogP contribution is -2.03. The van der Waals surface area contributed by atoms with E-state index in [0.717, 1.165) is 16.9 Å². The summed E-state index contributed by atoms with van der Waals surface area (Å²) in [5.74, 6) is -0.121. The van der Waals surface area contributed by atoms with E-state index in [0.29, 0.717) is 11.1 Å². The third-order valence-corrected chi connectivity index (χ3v) is 2.84. The number of anilines is 1. The number of carbonyl (C=O) groups is 1. The maximum absolute atomic E-state index is 11.9. The van der Waals surface area contributed by atoms with Crippen molar-refractivity contribution in [3.05, 3.63) is 53.3 Å². The lowest BCUT2D eigenvalue weighted by molar-refractivity contribution is -0.110. The molecule has 86 valence electrons. The Balaban J connectivity index is 2.07. The zero-order chi connectivity index (χ0) is 12.5. The zero-order valence-electron chi connectivity index (χ0n) is 9.40.